The fourth-order valence-electron chi connectivity index (χ4n) is 2.31. The van der Waals surface area contributed by atoms with Crippen molar-refractivity contribution in [2.75, 3.05) is 0 Å². The summed E-state index contributed by atoms with van der Waals surface area (Å²) < 4.78 is 5.56. The second-order valence-corrected chi connectivity index (χ2v) is 6.35. The Bertz CT molecular complexity index is 411. The van der Waals surface area contributed by atoms with Crippen molar-refractivity contribution in [3.8, 4) is 0 Å². The monoisotopic (exact) mass is 276 g/mol. The Kier molecular flexibility index (Phi) is 6.25. The number of carbonyl (C=O) groups excluding carboxylic acids is 1. The molecule has 0 fully saturated rings. The Morgan fingerprint density at radius 3 is 2.30 bits per heavy atom. The van der Waals surface area contributed by atoms with Gasteiger partial charge in [0.25, 0.3) is 0 Å². The zero-order valence-corrected chi connectivity index (χ0v) is 13.5. The summed E-state index contributed by atoms with van der Waals surface area (Å²) in [7, 11) is 0. The lowest BCUT2D eigenvalue weighted by Crippen LogP contribution is -2.36. The second kappa shape index (κ2) is 7.47. The summed E-state index contributed by atoms with van der Waals surface area (Å²) in [5, 5.41) is 0. The predicted octanol–water partition coefficient (Wildman–Crippen LogP) is 4.83. The molecule has 0 saturated carbocycles. The van der Waals surface area contributed by atoms with Gasteiger partial charge in [0.05, 0.1) is 5.41 Å². The largest absolute Gasteiger partial charge is 0.460 e. The van der Waals surface area contributed by atoms with Crippen LogP contribution in [0.3, 0.4) is 0 Å². The molecule has 20 heavy (non-hydrogen) atoms. The van der Waals surface area contributed by atoms with E-state index in [1.807, 2.05) is 37.3 Å². The van der Waals surface area contributed by atoms with E-state index < -0.39 is 5.41 Å². The van der Waals surface area contributed by atoms with Crippen molar-refractivity contribution in [2.24, 2.45) is 17.3 Å². The summed E-state index contributed by atoms with van der Waals surface area (Å²) in [4.78, 5) is 12.5. The number of hydrogen-bond acceptors (Lipinski definition) is 2. The highest BCUT2D eigenvalue weighted by molar-refractivity contribution is 5.76. The van der Waals surface area contributed by atoms with E-state index in [9.17, 15) is 4.79 Å². The molecule has 0 aromatic heterocycles. The Morgan fingerprint density at radius 1 is 1.20 bits per heavy atom. The quantitative estimate of drug-likeness (QED) is 0.667. The number of ether oxygens (including phenoxy) is 1. The average Bonchev–Trinajstić information content (AvgIpc) is 2.45. The van der Waals surface area contributed by atoms with Gasteiger partial charge >= 0.3 is 5.97 Å². The summed E-state index contributed by atoms with van der Waals surface area (Å²) in [5.74, 6) is 0.739. The van der Waals surface area contributed by atoms with E-state index in [1.165, 1.54) is 0 Å². The fraction of sp³-hybridized carbons (Fsp3) is 0.611. The SMILES string of the molecule is CCC(C)CC(C)(C(=O)OCc1ccccc1)C(C)C. The molecular weight excluding hydrogens is 248 g/mol. The first kappa shape index (κ1) is 16.7. The maximum Gasteiger partial charge on any atom is 0.312 e. The summed E-state index contributed by atoms with van der Waals surface area (Å²) >= 11 is 0. The Hall–Kier alpha value is -1.31. The number of rotatable bonds is 7. The lowest BCUT2D eigenvalue weighted by molar-refractivity contribution is -0.160. The van der Waals surface area contributed by atoms with E-state index in [-0.39, 0.29) is 11.9 Å². The molecule has 0 aliphatic carbocycles. The van der Waals surface area contributed by atoms with Crippen LogP contribution >= 0.6 is 0 Å². The maximum atomic E-state index is 12.5. The molecule has 0 radical (unpaired) electrons. The molecule has 0 saturated heterocycles. The van der Waals surface area contributed by atoms with Crippen LogP contribution in [-0.2, 0) is 16.1 Å². The molecule has 0 spiro atoms. The maximum absolute atomic E-state index is 12.5. The molecule has 2 heteroatoms. The van der Waals surface area contributed by atoms with Crippen molar-refractivity contribution < 1.29 is 9.53 Å². The minimum atomic E-state index is -0.399. The summed E-state index contributed by atoms with van der Waals surface area (Å²) in [6.07, 6.45) is 1.98. The van der Waals surface area contributed by atoms with E-state index in [2.05, 4.69) is 27.7 Å². The predicted molar refractivity (Wildman–Crippen MR) is 83.3 cm³/mol. The topological polar surface area (TPSA) is 26.3 Å². The van der Waals surface area contributed by atoms with Gasteiger partial charge in [0.1, 0.15) is 6.61 Å². The van der Waals surface area contributed by atoms with Gasteiger partial charge in [-0.1, -0.05) is 64.4 Å². The van der Waals surface area contributed by atoms with Gasteiger partial charge in [-0.05, 0) is 30.7 Å². The molecule has 1 rings (SSSR count). The first-order valence-electron chi connectivity index (χ1n) is 7.61. The zero-order valence-electron chi connectivity index (χ0n) is 13.5. The van der Waals surface area contributed by atoms with E-state index in [1.54, 1.807) is 0 Å². The van der Waals surface area contributed by atoms with Gasteiger partial charge in [0.15, 0.2) is 0 Å². The lowest BCUT2D eigenvalue weighted by atomic mass is 9.72. The van der Waals surface area contributed by atoms with Gasteiger partial charge in [-0.3, -0.25) is 4.79 Å². The van der Waals surface area contributed by atoms with Gasteiger partial charge in [-0.2, -0.15) is 0 Å². The van der Waals surface area contributed by atoms with Crippen LogP contribution in [0.5, 0.6) is 0 Å². The minimum absolute atomic E-state index is 0.0725. The highest BCUT2D eigenvalue weighted by atomic mass is 16.5. The van der Waals surface area contributed by atoms with Crippen molar-refractivity contribution in [2.45, 2.75) is 54.1 Å². The number of benzene rings is 1. The molecule has 0 aliphatic heterocycles. The number of carbonyl (C=O) groups is 1. The van der Waals surface area contributed by atoms with Crippen LogP contribution in [0.2, 0.25) is 0 Å². The van der Waals surface area contributed by atoms with Crippen LogP contribution in [0.15, 0.2) is 30.3 Å². The van der Waals surface area contributed by atoms with Gasteiger partial charge in [0.2, 0.25) is 0 Å². The third-order valence-electron chi connectivity index (χ3n) is 4.42. The highest BCUT2D eigenvalue weighted by Crippen LogP contribution is 2.36. The fourth-order valence-corrected chi connectivity index (χ4v) is 2.31. The lowest BCUT2D eigenvalue weighted by Gasteiger charge is -2.33. The number of hydrogen-bond donors (Lipinski definition) is 0. The van der Waals surface area contributed by atoms with Crippen LogP contribution in [0.4, 0.5) is 0 Å². The van der Waals surface area contributed by atoms with Crippen LogP contribution < -0.4 is 0 Å². The highest BCUT2D eigenvalue weighted by Gasteiger charge is 2.39. The molecule has 2 unspecified atom stereocenters. The molecule has 0 heterocycles. The first-order chi connectivity index (χ1) is 9.40. The van der Waals surface area contributed by atoms with Crippen LogP contribution in [0.1, 0.15) is 53.0 Å². The van der Waals surface area contributed by atoms with Crippen molar-refractivity contribution in [3.63, 3.8) is 0 Å². The van der Waals surface area contributed by atoms with Gasteiger partial charge in [0, 0.05) is 0 Å². The molecule has 0 amide bonds. The van der Waals surface area contributed by atoms with Crippen molar-refractivity contribution >= 4 is 5.97 Å². The van der Waals surface area contributed by atoms with Crippen LogP contribution in [0, 0.1) is 17.3 Å². The molecule has 1 aromatic carbocycles. The third-order valence-corrected chi connectivity index (χ3v) is 4.42. The normalized spacial score (nSPS) is 15.7. The molecule has 0 bridgehead atoms. The van der Waals surface area contributed by atoms with Gasteiger partial charge in [-0.15, -0.1) is 0 Å². The molecule has 1 aromatic rings. The Labute approximate surface area is 123 Å². The third kappa shape index (κ3) is 4.36. The summed E-state index contributed by atoms with van der Waals surface area (Å²) in [6, 6.07) is 9.85. The second-order valence-electron chi connectivity index (χ2n) is 6.35. The van der Waals surface area contributed by atoms with Crippen LogP contribution in [0.25, 0.3) is 0 Å². The Morgan fingerprint density at radius 2 is 1.80 bits per heavy atom. The van der Waals surface area contributed by atoms with E-state index in [0.717, 1.165) is 18.4 Å². The first-order valence-corrected chi connectivity index (χ1v) is 7.61. The molecule has 2 atom stereocenters. The van der Waals surface area contributed by atoms with Gasteiger partial charge in [-0.25, -0.2) is 0 Å². The molecule has 0 aliphatic rings. The number of esters is 1. The minimum Gasteiger partial charge on any atom is -0.460 e. The van der Waals surface area contributed by atoms with Crippen LogP contribution in [-0.4, -0.2) is 5.97 Å². The Balaban J connectivity index is 2.69. The molecule has 112 valence electrons. The van der Waals surface area contributed by atoms with Gasteiger partial charge < -0.3 is 4.74 Å². The zero-order chi connectivity index (χ0) is 15.2. The molecule has 0 N–H and O–H groups in total. The summed E-state index contributed by atoms with van der Waals surface area (Å²) in [5.41, 5.74) is 0.639. The average molecular weight is 276 g/mol. The van der Waals surface area contributed by atoms with Crippen molar-refractivity contribution in [1.82, 2.24) is 0 Å². The van der Waals surface area contributed by atoms with E-state index in [0.29, 0.717) is 12.5 Å². The summed E-state index contributed by atoms with van der Waals surface area (Å²) in [6.45, 7) is 11.0. The van der Waals surface area contributed by atoms with E-state index in [4.69, 9.17) is 4.74 Å². The standard InChI is InChI=1S/C18H28O2/c1-6-15(4)12-18(5,14(2)3)17(19)20-13-16-10-8-7-9-11-16/h7-11,14-15H,6,12-13H2,1-5H3. The molecule has 2 nitrogen and oxygen atoms in total. The van der Waals surface area contributed by atoms with Crippen molar-refractivity contribution in [1.29, 1.82) is 0 Å². The smallest absolute Gasteiger partial charge is 0.312 e. The van der Waals surface area contributed by atoms with E-state index >= 15 is 0 Å². The molecular formula is C18H28O2. The van der Waals surface area contributed by atoms with Crippen molar-refractivity contribution in [3.05, 3.63) is 35.9 Å².